The Morgan fingerprint density at radius 2 is 0.864 bits per heavy atom. The molecule has 0 aliphatic rings. The van der Waals surface area contributed by atoms with E-state index in [9.17, 15) is 0 Å². The molecule has 0 unspecified atom stereocenters. The van der Waals surface area contributed by atoms with Gasteiger partial charge in [-0.25, -0.2) is 0 Å². The second kappa shape index (κ2) is 7.01. The van der Waals surface area contributed by atoms with E-state index < -0.39 is 36.8 Å². The Bertz CT molecular complexity index is 658. The van der Waals surface area contributed by atoms with Gasteiger partial charge in [-0.15, -0.1) is 0 Å². The molecule has 2 aromatic carbocycles. The van der Waals surface area contributed by atoms with Crippen molar-refractivity contribution in [3.63, 3.8) is 0 Å². The first-order valence-corrected chi connectivity index (χ1v) is 27.9. The van der Waals surface area contributed by atoms with E-state index in [0.717, 1.165) is 0 Å². The molecule has 0 N–H and O–H groups in total. The van der Waals surface area contributed by atoms with Crippen molar-refractivity contribution in [2.24, 2.45) is 0 Å². The van der Waals surface area contributed by atoms with Gasteiger partial charge in [0.25, 0.3) is 0 Å². The summed E-state index contributed by atoms with van der Waals surface area (Å²) >= 11 is -4.22. The summed E-state index contributed by atoms with van der Waals surface area (Å²) in [7, 11) is 0. The van der Waals surface area contributed by atoms with E-state index in [-0.39, 0.29) is 0 Å². The maximum absolute atomic E-state index is 3.48. The molecule has 0 spiro atoms. The molecule has 0 aliphatic heterocycles. The average molecular weight is 504 g/mol. The molecule has 0 fully saturated rings. The molecule has 2 rings (SSSR count). The Kier molecular flexibility index (Phi) is 5.72. The number of hydrogen-bond donors (Lipinski definition) is 0. The molecule has 0 heterocycles. The summed E-state index contributed by atoms with van der Waals surface area (Å²) in [6, 6.07) is 17.5. The van der Waals surface area contributed by atoms with Gasteiger partial charge in [0.15, 0.2) is 0 Å². The van der Waals surface area contributed by atoms with Gasteiger partial charge < -0.3 is 0 Å². The van der Waals surface area contributed by atoms with Gasteiger partial charge in [0.05, 0.1) is 0 Å². The van der Waals surface area contributed by atoms with Crippen molar-refractivity contribution in [3.05, 3.63) is 59.7 Å². The molecule has 0 amide bonds. The monoisotopic (exact) mass is 506 g/mol. The van der Waals surface area contributed by atoms with Crippen LogP contribution in [0.2, 0.25) is 29.6 Å². The van der Waals surface area contributed by atoms with Crippen molar-refractivity contribution in [1.29, 1.82) is 0 Å². The van der Waals surface area contributed by atoms with Crippen LogP contribution < -0.4 is 7.16 Å². The third-order valence-electron chi connectivity index (χ3n) is 3.80. The molecular formula is C20H26Sn2. The van der Waals surface area contributed by atoms with Gasteiger partial charge in [-0.3, -0.25) is 0 Å². The topological polar surface area (TPSA) is 0 Å². The van der Waals surface area contributed by atoms with E-state index in [2.05, 4.69) is 90.0 Å². The van der Waals surface area contributed by atoms with E-state index in [4.69, 9.17) is 0 Å². The molecule has 0 aliphatic carbocycles. The van der Waals surface area contributed by atoms with Crippen LogP contribution >= 0.6 is 0 Å². The Morgan fingerprint density at radius 1 is 0.545 bits per heavy atom. The molecule has 2 aromatic rings. The molecule has 0 bridgehead atoms. The average Bonchev–Trinajstić information content (AvgIpc) is 2.44. The predicted octanol–water partition coefficient (Wildman–Crippen LogP) is 4.18. The van der Waals surface area contributed by atoms with Crippen LogP contribution in [0, 0.1) is 11.8 Å². The SMILES string of the molecule is [CH3][Sn]([CH3])([CH3])[c]1ccccc1C#Cc1cccc[c]1[Sn]([CH3])([CH3])[CH3]. The van der Waals surface area contributed by atoms with Crippen molar-refractivity contribution in [3.8, 4) is 11.8 Å². The molecule has 0 nitrogen and oxygen atoms in total. The zero-order chi connectivity index (χ0) is 16.4. The van der Waals surface area contributed by atoms with E-state index in [1.54, 1.807) is 0 Å². The van der Waals surface area contributed by atoms with Crippen molar-refractivity contribution in [1.82, 2.24) is 0 Å². The van der Waals surface area contributed by atoms with Gasteiger partial charge in [0.1, 0.15) is 0 Å². The van der Waals surface area contributed by atoms with Crippen LogP contribution in [0.25, 0.3) is 0 Å². The van der Waals surface area contributed by atoms with Gasteiger partial charge in [-0.1, -0.05) is 0 Å². The predicted molar refractivity (Wildman–Crippen MR) is 105 cm³/mol. The minimum atomic E-state index is -2.11. The third kappa shape index (κ3) is 4.55. The first kappa shape index (κ1) is 17.9. The van der Waals surface area contributed by atoms with E-state index >= 15 is 0 Å². The van der Waals surface area contributed by atoms with Crippen molar-refractivity contribution in [2.75, 3.05) is 0 Å². The van der Waals surface area contributed by atoms with Crippen LogP contribution in [0.4, 0.5) is 0 Å². The summed E-state index contributed by atoms with van der Waals surface area (Å²) in [5.41, 5.74) is 2.48. The summed E-state index contributed by atoms with van der Waals surface area (Å²) in [5.74, 6) is 6.97. The second-order valence-corrected chi connectivity index (χ2v) is 36.6. The molecule has 0 aromatic heterocycles. The molecule has 0 radical (unpaired) electrons. The van der Waals surface area contributed by atoms with Crippen LogP contribution in [0.1, 0.15) is 11.1 Å². The fourth-order valence-corrected chi connectivity index (χ4v) is 11.5. The van der Waals surface area contributed by atoms with Gasteiger partial charge >= 0.3 is 145 Å². The van der Waals surface area contributed by atoms with Crippen molar-refractivity contribution >= 4 is 43.9 Å². The number of rotatable bonds is 2. The molecule has 2 heteroatoms. The Morgan fingerprint density at radius 3 is 1.18 bits per heavy atom. The van der Waals surface area contributed by atoms with Gasteiger partial charge in [-0.05, 0) is 0 Å². The first-order valence-electron chi connectivity index (χ1n) is 7.90. The standard InChI is InChI=1S/C14H8.6CH3.2Sn/c1-3-7-13(8-4-1)11-12-14-9-5-2-6-10-14;;;;;;;;/h1-7,9H;6*1H3;;. The molecule has 0 saturated carbocycles. The van der Waals surface area contributed by atoms with Gasteiger partial charge in [-0.2, -0.15) is 0 Å². The molecular weight excluding hydrogens is 478 g/mol. The summed E-state index contributed by atoms with van der Waals surface area (Å²) in [6.07, 6.45) is 0. The van der Waals surface area contributed by atoms with E-state index in [0.29, 0.717) is 0 Å². The molecule has 0 saturated heterocycles. The van der Waals surface area contributed by atoms with Gasteiger partial charge in [0.2, 0.25) is 0 Å². The van der Waals surface area contributed by atoms with E-state index in [1.165, 1.54) is 18.3 Å². The first-order chi connectivity index (χ1) is 10.2. The minimum absolute atomic E-state index is 1.24. The summed E-state index contributed by atoms with van der Waals surface area (Å²) in [4.78, 5) is 14.7. The van der Waals surface area contributed by atoms with Crippen LogP contribution in [0.5, 0.6) is 0 Å². The summed E-state index contributed by atoms with van der Waals surface area (Å²) < 4.78 is 3.06. The normalized spacial score (nSPS) is 11.7. The number of hydrogen-bond acceptors (Lipinski definition) is 0. The maximum atomic E-state index is 3.48. The zero-order valence-electron chi connectivity index (χ0n) is 14.6. The van der Waals surface area contributed by atoms with Gasteiger partial charge in [0, 0.05) is 0 Å². The quantitative estimate of drug-likeness (QED) is 0.426. The Hall–Kier alpha value is -0.403. The summed E-state index contributed by atoms with van der Waals surface area (Å²) in [5, 5.41) is 0. The third-order valence-corrected chi connectivity index (χ3v) is 15.5. The van der Waals surface area contributed by atoms with Crippen molar-refractivity contribution < 1.29 is 0 Å². The van der Waals surface area contributed by atoms with Crippen LogP contribution in [0.15, 0.2) is 48.5 Å². The second-order valence-electron chi connectivity index (χ2n) is 7.84. The van der Waals surface area contributed by atoms with Crippen molar-refractivity contribution in [2.45, 2.75) is 29.6 Å². The van der Waals surface area contributed by atoms with Crippen LogP contribution in [-0.2, 0) is 0 Å². The number of benzene rings is 2. The van der Waals surface area contributed by atoms with Crippen LogP contribution in [-0.4, -0.2) is 36.8 Å². The molecule has 0 atom stereocenters. The fraction of sp³-hybridized carbons (Fsp3) is 0.300. The Balaban J connectivity index is 2.50. The molecule has 114 valence electrons. The zero-order valence-corrected chi connectivity index (χ0v) is 20.3. The fourth-order valence-electron chi connectivity index (χ4n) is 2.63. The summed E-state index contributed by atoms with van der Waals surface area (Å²) in [6.45, 7) is 0. The van der Waals surface area contributed by atoms with Crippen LogP contribution in [0.3, 0.4) is 0 Å². The molecule has 22 heavy (non-hydrogen) atoms. The van der Waals surface area contributed by atoms with E-state index in [1.807, 2.05) is 0 Å². The Labute approximate surface area is 144 Å².